The zero-order chi connectivity index (χ0) is 15.0. The summed E-state index contributed by atoms with van der Waals surface area (Å²) in [6.07, 6.45) is 1.96. The lowest BCUT2D eigenvalue weighted by Crippen LogP contribution is -2.09. The molecule has 0 aliphatic rings. The fourth-order valence-electron chi connectivity index (χ4n) is 2.27. The molecule has 0 saturated carbocycles. The van der Waals surface area contributed by atoms with Crippen LogP contribution in [0.5, 0.6) is 0 Å². The standard InChI is InChI=1S/C16H12ClFN2O/c1-2-9-5-6-19-15(14(9)18)16(21)13-8-10-7-11(17)3-4-12(10)20-13/h3-8,20H,2H2,1H3. The first-order chi connectivity index (χ1) is 10.1. The monoisotopic (exact) mass is 302 g/mol. The van der Waals surface area contributed by atoms with E-state index in [2.05, 4.69) is 9.97 Å². The van der Waals surface area contributed by atoms with Crippen LogP contribution in [0, 0.1) is 5.82 Å². The molecule has 5 heteroatoms. The number of benzene rings is 1. The third kappa shape index (κ3) is 2.43. The number of rotatable bonds is 3. The molecule has 1 aromatic carbocycles. The summed E-state index contributed by atoms with van der Waals surface area (Å²) in [6, 6.07) is 8.49. The predicted octanol–water partition coefficient (Wildman–Crippen LogP) is 4.15. The van der Waals surface area contributed by atoms with E-state index in [1.165, 1.54) is 6.20 Å². The fraction of sp³-hybridized carbons (Fsp3) is 0.125. The van der Waals surface area contributed by atoms with Crippen LogP contribution in [0.25, 0.3) is 10.9 Å². The van der Waals surface area contributed by atoms with Crippen LogP contribution >= 0.6 is 11.6 Å². The molecule has 0 radical (unpaired) electrons. The van der Waals surface area contributed by atoms with E-state index in [-0.39, 0.29) is 5.69 Å². The van der Waals surface area contributed by atoms with Gasteiger partial charge in [0.2, 0.25) is 5.78 Å². The summed E-state index contributed by atoms with van der Waals surface area (Å²) < 4.78 is 14.2. The predicted molar refractivity (Wildman–Crippen MR) is 80.3 cm³/mol. The molecule has 0 unspecified atom stereocenters. The van der Waals surface area contributed by atoms with E-state index in [0.29, 0.717) is 22.7 Å². The van der Waals surface area contributed by atoms with Crippen LogP contribution in [0.3, 0.4) is 0 Å². The molecular weight excluding hydrogens is 291 g/mol. The van der Waals surface area contributed by atoms with Crippen molar-refractivity contribution in [2.24, 2.45) is 0 Å². The summed E-state index contributed by atoms with van der Waals surface area (Å²) in [6.45, 7) is 1.83. The molecule has 3 nitrogen and oxygen atoms in total. The number of pyridine rings is 1. The lowest BCUT2D eigenvalue weighted by Gasteiger charge is -2.03. The number of carbonyl (C=O) groups is 1. The normalized spacial score (nSPS) is 11.0. The third-order valence-corrected chi connectivity index (χ3v) is 3.63. The second-order valence-electron chi connectivity index (χ2n) is 4.73. The number of ketones is 1. The van der Waals surface area contributed by atoms with Crippen molar-refractivity contribution in [1.82, 2.24) is 9.97 Å². The molecule has 1 N–H and O–H groups in total. The van der Waals surface area contributed by atoms with E-state index in [4.69, 9.17) is 11.6 Å². The van der Waals surface area contributed by atoms with Crippen LogP contribution in [0.4, 0.5) is 4.39 Å². The van der Waals surface area contributed by atoms with Gasteiger partial charge in [0.25, 0.3) is 0 Å². The lowest BCUT2D eigenvalue weighted by atomic mass is 10.1. The summed E-state index contributed by atoms with van der Waals surface area (Å²) in [4.78, 5) is 19.3. The van der Waals surface area contributed by atoms with Gasteiger partial charge in [-0.15, -0.1) is 0 Å². The van der Waals surface area contributed by atoms with Gasteiger partial charge in [0.15, 0.2) is 5.82 Å². The van der Waals surface area contributed by atoms with E-state index in [0.717, 1.165) is 10.9 Å². The van der Waals surface area contributed by atoms with Crippen LogP contribution in [-0.2, 0) is 6.42 Å². The van der Waals surface area contributed by atoms with Crippen LogP contribution in [0.2, 0.25) is 5.02 Å². The highest BCUT2D eigenvalue weighted by Gasteiger charge is 2.19. The maximum absolute atomic E-state index is 14.2. The number of nitrogens with zero attached hydrogens (tertiary/aromatic N) is 1. The molecule has 3 aromatic rings. The quantitative estimate of drug-likeness (QED) is 0.739. The van der Waals surface area contributed by atoms with Crippen molar-refractivity contribution in [2.75, 3.05) is 0 Å². The zero-order valence-corrected chi connectivity index (χ0v) is 12.0. The first-order valence-corrected chi connectivity index (χ1v) is 6.94. The molecule has 0 bridgehead atoms. The van der Waals surface area contributed by atoms with Gasteiger partial charge >= 0.3 is 0 Å². The van der Waals surface area contributed by atoms with Gasteiger partial charge in [0, 0.05) is 22.1 Å². The lowest BCUT2D eigenvalue weighted by molar-refractivity contribution is 0.102. The van der Waals surface area contributed by atoms with Crippen LogP contribution < -0.4 is 0 Å². The van der Waals surface area contributed by atoms with Gasteiger partial charge < -0.3 is 4.98 Å². The Morgan fingerprint density at radius 1 is 1.33 bits per heavy atom. The van der Waals surface area contributed by atoms with Gasteiger partial charge in [-0.05, 0) is 42.3 Å². The molecule has 0 spiro atoms. The first kappa shape index (κ1) is 13.8. The van der Waals surface area contributed by atoms with Crippen LogP contribution in [0.15, 0.2) is 36.5 Å². The minimum atomic E-state index is -0.554. The number of aromatic nitrogens is 2. The molecule has 3 rings (SSSR count). The number of fused-ring (bicyclic) bond motifs is 1. The van der Waals surface area contributed by atoms with E-state index < -0.39 is 11.6 Å². The van der Waals surface area contributed by atoms with Gasteiger partial charge in [0.1, 0.15) is 5.69 Å². The van der Waals surface area contributed by atoms with Crippen molar-refractivity contribution < 1.29 is 9.18 Å². The topological polar surface area (TPSA) is 45.8 Å². The average Bonchev–Trinajstić information content (AvgIpc) is 2.89. The number of H-pyrrole nitrogens is 1. The van der Waals surface area contributed by atoms with Gasteiger partial charge in [-0.25, -0.2) is 9.37 Å². The van der Waals surface area contributed by atoms with Crippen molar-refractivity contribution >= 4 is 28.3 Å². The molecule has 0 aliphatic carbocycles. The molecule has 0 saturated heterocycles. The number of halogens is 2. The highest BCUT2D eigenvalue weighted by Crippen LogP contribution is 2.22. The molecule has 0 amide bonds. The zero-order valence-electron chi connectivity index (χ0n) is 11.3. The van der Waals surface area contributed by atoms with Crippen molar-refractivity contribution in [2.45, 2.75) is 13.3 Å². The Bertz CT molecular complexity index is 841. The SMILES string of the molecule is CCc1ccnc(C(=O)c2cc3cc(Cl)ccc3[nH]2)c1F. The summed E-state index contributed by atoms with van der Waals surface area (Å²) in [5, 5.41) is 1.38. The highest BCUT2D eigenvalue weighted by molar-refractivity contribution is 6.31. The first-order valence-electron chi connectivity index (χ1n) is 6.56. The molecule has 21 heavy (non-hydrogen) atoms. The Kier molecular flexibility index (Phi) is 3.47. The molecular formula is C16H12ClFN2O. The Hall–Kier alpha value is -2.20. The van der Waals surface area contributed by atoms with Crippen molar-refractivity contribution in [3.05, 3.63) is 64.3 Å². The second-order valence-corrected chi connectivity index (χ2v) is 5.17. The Balaban J connectivity index is 2.08. The number of hydrogen-bond donors (Lipinski definition) is 1. The molecule has 106 valence electrons. The second kappa shape index (κ2) is 5.30. The molecule has 2 aromatic heterocycles. The minimum absolute atomic E-state index is 0.160. The number of carbonyl (C=O) groups excluding carboxylic acids is 1. The number of aryl methyl sites for hydroxylation is 1. The molecule has 2 heterocycles. The van der Waals surface area contributed by atoms with E-state index >= 15 is 0 Å². The summed E-state index contributed by atoms with van der Waals surface area (Å²) in [5.74, 6) is -1.02. The summed E-state index contributed by atoms with van der Waals surface area (Å²) in [5.41, 5.74) is 1.39. The van der Waals surface area contributed by atoms with Gasteiger partial charge in [-0.1, -0.05) is 18.5 Å². The van der Waals surface area contributed by atoms with Gasteiger partial charge in [0.05, 0.1) is 5.69 Å². The van der Waals surface area contributed by atoms with Crippen molar-refractivity contribution in [3.63, 3.8) is 0 Å². The minimum Gasteiger partial charge on any atom is -0.352 e. The Morgan fingerprint density at radius 2 is 2.14 bits per heavy atom. The largest absolute Gasteiger partial charge is 0.352 e. The van der Waals surface area contributed by atoms with Crippen LogP contribution in [0.1, 0.15) is 28.7 Å². The Morgan fingerprint density at radius 3 is 2.90 bits per heavy atom. The summed E-state index contributed by atoms with van der Waals surface area (Å²) >= 11 is 5.92. The van der Waals surface area contributed by atoms with E-state index in [9.17, 15) is 9.18 Å². The van der Waals surface area contributed by atoms with E-state index in [1.54, 1.807) is 30.3 Å². The average molecular weight is 303 g/mol. The molecule has 0 fully saturated rings. The summed E-state index contributed by atoms with van der Waals surface area (Å²) in [7, 11) is 0. The maximum atomic E-state index is 14.2. The van der Waals surface area contributed by atoms with Gasteiger partial charge in [-0.2, -0.15) is 0 Å². The van der Waals surface area contributed by atoms with Crippen molar-refractivity contribution in [3.8, 4) is 0 Å². The Labute approximate surface area is 125 Å². The van der Waals surface area contributed by atoms with Crippen molar-refractivity contribution in [1.29, 1.82) is 0 Å². The van der Waals surface area contributed by atoms with Gasteiger partial charge in [-0.3, -0.25) is 4.79 Å². The van der Waals surface area contributed by atoms with Crippen LogP contribution in [-0.4, -0.2) is 15.8 Å². The highest BCUT2D eigenvalue weighted by atomic mass is 35.5. The maximum Gasteiger partial charge on any atom is 0.230 e. The molecule has 0 aliphatic heterocycles. The third-order valence-electron chi connectivity index (χ3n) is 3.39. The smallest absolute Gasteiger partial charge is 0.230 e. The van der Waals surface area contributed by atoms with E-state index in [1.807, 2.05) is 6.92 Å². The fourth-order valence-corrected chi connectivity index (χ4v) is 2.45. The number of aromatic amines is 1. The number of hydrogen-bond acceptors (Lipinski definition) is 2. The molecule has 0 atom stereocenters. The number of nitrogens with one attached hydrogen (secondary N) is 1.